The third-order valence-electron chi connectivity index (χ3n) is 3.36. The van der Waals surface area contributed by atoms with Crippen LogP contribution in [0.4, 0.5) is 0 Å². The zero-order chi connectivity index (χ0) is 15.6. The summed E-state index contributed by atoms with van der Waals surface area (Å²) in [6, 6.07) is 6.91. The van der Waals surface area contributed by atoms with Crippen LogP contribution < -0.4 is 0 Å². The van der Waals surface area contributed by atoms with Crippen molar-refractivity contribution in [3.63, 3.8) is 0 Å². The number of rotatable bonds is 4. The van der Waals surface area contributed by atoms with Crippen molar-refractivity contribution < 1.29 is 14.7 Å². The molecule has 1 heterocycles. The molecule has 1 amide bonds. The van der Waals surface area contributed by atoms with Gasteiger partial charge in [0.1, 0.15) is 16.7 Å². The van der Waals surface area contributed by atoms with E-state index < -0.39 is 12.0 Å². The Balaban J connectivity index is 2.26. The molecule has 0 saturated carbocycles. The van der Waals surface area contributed by atoms with Crippen molar-refractivity contribution in [1.82, 2.24) is 9.88 Å². The van der Waals surface area contributed by atoms with Crippen molar-refractivity contribution in [3.05, 3.63) is 40.9 Å². The van der Waals surface area contributed by atoms with E-state index in [9.17, 15) is 9.59 Å². The molecule has 6 heteroatoms. The SMILES string of the molecule is Cc1ccccc1-c1nc(C(=O)N(C)C(C)C(=O)O)cs1. The highest BCUT2D eigenvalue weighted by atomic mass is 32.1. The van der Waals surface area contributed by atoms with E-state index in [1.807, 2.05) is 31.2 Å². The predicted molar refractivity (Wildman–Crippen MR) is 81.5 cm³/mol. The monoisotopic (exact) mass is 304 g/mol. The van der Waals surface area contributed by atoms with Crippen molar-refractivity contribution in [2.45, 2.75) is 19.9 Å². The van der Waals surface area contributed by atoms with E-state index >= 15 is 0 Å². The molecule has 0 fully saturated rings. The zero-order valence-electron chi connectivity index (χ0n) is 12.0. The van der Waals surface area contributed by atoms with Gasteiger partial charge in [0.15, 0.2) is 0 Å². The summed E-state index contributed by atoms with van der Waals surface area (Å²) in [5, 5.41) is 11.4. The number of carboxylic acids is 1. The lowest BCUT2D eigenvalue weighted by molar-refractivity contribution is -0.141. The van der Waals surface area contributed by atoms with Crippen LogP contribution in [0.3, 0.4) is 0 Å². The number of hydrogen-bond donors (Lipinski definition) is 1. The van der Waals surface area contributed by atoms with Gasteiger partial charge in [-0.05, 0) is 19.4 Å². The molecule has 1 aromatic carbocycles. The second-order valence-corrected chi connectivity index (χ2v) is 5.64. The molecule has 1 N–H and O–H groups in total. The summed E-state index contributed by atoms with van der Waals surface area (Å²) < 4.78 is 0. The molecule has 5 nitrogen and oxygen atoms in total. The molecule has 1 atom stereocenters. The van der Waals surface area contributed by atoms with Crippen LogP contribution in [-0.4, -0.2) is 40.0 Å². The van der Waals surface area contributed by atoms with E-state index in [1.165, 1.54) is 30.2 Å². The maximum atomic E-state index is 12.2. The third kappa shape index (κ3) is 3.11. The number of thiazole rings is 1. The molecule has 0 bridgehead atoms. The molecule has 0 aliphatic carbocycles. The standard InChI is InChI=1S/C15H16N2O3S/c1-9-6-4-5-7-11(9)13-16-12(8-21-13)14(18)17(3)10(2)15(19)20/h4-8,10H,1-3H3,(H,19,20). The number of likely N-dealkylation sites (N-methyl/N-ethyl adjacent to an activating group) is 1. The van der Waals surface area contributed by atoms with Gasteiger partial charge in [-0.15, -0.1) is 11.3 Å². The predicted octanol–water partition coefficient (Wildman–Crippen LogP) is 2.66. The van der Waals surface area contributed by atoms with Gasteiger partial charge in [0.25, 0.3) is 5.91 Å². The Bertz CT molecular complexity index is 681. The highest BCUT2D eigenvalue weighted by molar-refractivity contribution is 7.13. The van der Waals surface area contributed by atoms with Gasteiger partial charge < -0.3 is 10.0 Å². The summed E-state index contributed by atoms with van der Waals surface area (Å²) in [7, 11) is 1.47. The lowest BCUT2D eigenvalue weighted by Crippen LogP contribution is -2.40. The average Bonchev–Trinajstić information content (AvgIpc) is 2.94. The molecule has 21 heavy (non-hydrogen) atoms. The second-order valence-electron chi connectivity index (χ2n) is 4.78. The van der Waals surface area contributed by atoms with Crippen LogP contribution in [0.25, 0.3) is 10.6 Å². The Morgan fingerprint density at radius 1 is 1.33 bits per heavy atom. The number of nitrogens with zero attached hydrogens (tertiary/aromatic N) is 2. The molecule has 0 aliphatic rings. The number of aliphatic carboxylic acids is 1. The maximum absolute atomic E-state index is 12.2. The van der Waals surface area contributed by atoms with Crippen LogP contribution >= 0.6 is 11.3 Å². The van der Waals surface area contributed by atoms with Crippen LogP contribution in [0.5, 0.6) is 0 Å². The topological polar surface area (TPSA) is 70.5 Å². The minimum atomic E-state index is -1.04. The van der Waals surface area contributed by atoms with E-state index in [2.05, 4.69) is 4.98 Å². The van der Waals surface area contributed by atoms with Gasteiger partial charge in [0.2, 0.25) is 0 Å². The summed E-state index contributed by atoms with van der Waals surface area (Å²) in [6.07, 6.45) is 0. The number of carbonyl (C=O) groups excluding carboxylic acids is 1. The first-order valence-corrected chi connectivity index (χ1v) is 7.31. The molecule has 2 aromatic rings. The molecular formula is C15H16N2O3S. The highest BCUT2D eigenvalue weighted by Gasteiger charge is 2.24. The van der Waals surface area contributed by atoms with E-state index in [-0.39, 0.29) is 11.6 Å². The van der Waals surface area contributed by atoms with E-state index in [0.29, 0.717) is 0 Å². The summed E-state index contributed by atoms with van der Waals surface area (Å²) in [4.78, 5) is 28.7. The molecular weight excluding hydrogens is 288 g/mol. The fourth-order valence-corrected chi connectivity index (χ4v) is 2.71. The lowest BCUT2D eigenvalue weighted by atomic mass is 10.1. The number of carbonyl (C=O) groups is 2. The summed E-state index contributed by atoms with van der Waals surface area (Å²) in [5.41, 5.74) is 2.34. The largest absolute Gasteiger partial charge is 0.480 e. The van der Waals surface area contributed by atoms with Crippen molar-refractivity contribution >= 4 is 23.2 Å². The van der Waals surface area contributed by atoms with Crippen LogP contribution in [0.15, 0.2) is 29.6 Å². The molecule has 110 valence electrons. The Morgan fingerprint density at radius 2 is 2.00 bits per heavy atom. The average molecular weight is 304 g/mol. The molecule has 0 spiro atoms. The lowest BCUT2D eigenvalue weighted by Gasteiger charge is -2.20. The molecule has 0 aliphatic heterocycles. The Labute approximate surface area is 126 Å². The van der Waals surface area contributed by atoms with Gasteiger partial charge in [-0.1, -0.05) is 24.3 Å². The van der Waals surface area contributed by atoms with E-state index in [4.69, 9.17) is 5.11 Å². The minimum Gasteiger partial charge on any atom is -0.480 e. The number of carboxylic acid groups (broad SMARTS) is 1. The van der Waals surface area contributed by atoms with Gasteiger partial charge in [-0.2, -0.15) is 0 Å². The van der Waals surface area contributed by atoms with Crippen molar-refractivity contribution in [1.29, 1.82) is 0 Å². The van der Waals surface area contributed by atoms with Crippen LogP contribution in [0.1, 0.15) is 23.0 Å². The smallest absolute Gasteiger partial charge is 0.326 e. The van der Waals surface area contributed by atoms with E-state index in [1.54, 1.807) is 5.38 Å². The second kappa shape index (κ2) is 6.05. The van der Waals surface area contributed by atoms with Gasteiger partial charge in [0, 0.05) is 18.0 Å². The minimum absolute atomic E-state index is 0.272. The van der Waals surface area contributed by atoms with Crippen LogP contribution in [0, 0.1) is 6.92 Å². The fourth-order valence-electron chi connectivity index (χ4n) is 1.83. The number of benzene rings is 1. The Kier molecular flexibility index (Phi) is 4.37. The first-order valence-electron chi connectivity index (χ1n) is 6.43. The number of hydrogen-bond acceptors (Lipinski definition) is 4. The van der Waals surface area contributed by atoms with E-state index in [0.717, 1.165) is 16.1 Å². The first-order chi connectivity index (χ1) is 9.91. The van der Waals surface area contributed by atoms with Gasteiger partial charge in [-0.25, -0.2) is 9.78 Å². The Morgan fingerprint density at radius 3 is 2.62 bits per heavy atom. The maximum Gasteiger partial charge on any atom is 0.326 e. The number of aryl methyl sites for hydroxylation is 1. The molecule has 1 aromatic heterocycles. The van der Waals surface area contributed by atoms with Crippen LogP contribution in [-0.2, 0) is 4.79 Å². The molecule has 0 radical (unpaired) electrons. The molecule has 0 saturated heterocycles. The quantitative estimate of drug-likeness (QED) is 0.942. The molecule has 2 rings (SSSR count). The zero-order valence-corrected chi connectivity index (χ0v) is 12.8. The highest BCUT2D eigenvalue weighted by Crippen LogP contribution is 2.27. The summed E-state index contributed by atoms with van der Waals surface area (Å²) in [6.45, 7) is 3.45. The third-order valence-corrected chi connectivity index (χ3v) is 4.23. The van der Waals surface area contributed by atoms with Crippen molar-refractivity contribution in [3.8, 4) is 10.6 Å². The van der Waals surface area contributed by atoms with Crippen molar-refractivity contribution in [2.75, 3.05) is 7.05 Å². The fraction of sp³-hybridized carbons (Fsp3) is 0.267. The normalized spacial score (nSPS) is 12.0. The van der Waals surface area contributed by atoms with Gasteiger partial charge in [-0.3, -0.25) is 4.79 Å². The van der Waals surface area contributed by atoms with Gasteiger partial charge >= 0.3 is 5.97 Å². The first kappa shape index (κ1) is 15.2. The summed E-state index contributed by atoms with van der Waals surface area (Å²) >= 11 is 1.38. The summed E-state index contributed by atoms with van der Waals surface area (Å²) in [5.74, 6) is -1.43. The number of aromatic nitrogens is 1. The van der Waals surface area contributed by atoms with Gasteiger partial charge in [0.05, 0.1) is 0 Å². The van der Waals surface area contributed by atoms with Crippen LogP contribution in [0.2, 0.25) is 0 Å². The Hall–Kier alpha value is -2.21. The molecule has 1 unspecified atom stereocenters. The van der Waals surface area contributed by atoms with Crippen molar-refractivity contribution in [2.24, 2.45) is 0 Å². The number of amides is 1.